The molecular weight excluding hydrogens is 278 g/mol. The van der Waals surface area contributed by atoms with Gasteiger partial charge in [-0.05, 0) is 43.7 Å². The summed E-state index contributed by atoms with van der Waals surface area (Å²) >= 11 is 1.81. The monoisotopic (exact) mass is 297 g/mol. The number of nitrogens with zero attached hydrogens (tertiary/aromatic N) is 1. The Kier molecular flexibility index (Phi) is 4.36. The Morgan fingerprint density at radius 1 is 1.19 bits per heavy atom. The van der Waals surface area contributed by atoms with Crippen molar-refractivity contribution in [3.8, 4) is 6.07 Å². The van der Waals surface area contributed by atoms with Crippen LogP contribution in [0.1, 0.15) is 36.5 Å². The van der Waals surface area contributed by atoms with Crippen molar-refractivity contribution in [2.24, 2.45) is 5.92 Å². The lowest BCUT2D eigenvalue weighted by Crippen LogP contribution is -2.25. The third-order valence-electron chi connectivity index (χ3n) is 4.32. The van der Waals surface area contributed by atoms with Gasteiger partial charge in [-0.25, -0.2) is 0 Å². The molecule has 21 heavy (non-hydrogen) atoms. The molecule has 3 atom stereocenters. The van der Waals surface area contributed by atoms with Crippen LogP contribution in [0.2, 0.25) is 0 Å². The smallest absolute Gasteiger partial charge is 0.114 e. The van der Waals surface area contributed by atoms with Crippen LogP contribution in [0, 0.1) is 24.2 Å². The number of aryl methyl sites for hydroxylation is 1. The summed E-state index contributed by atoms with van der Waals surface area (Å²) in [5, 5.41) is 9.78. The van der Waals surface area contributed by atoms with Gasteiger partial charge >= 0.3 is 0 Å². The molecule has 1 saturated carbocycles. The predicted molar refractivity (Wildman–Crippen MR) is 85.2 cm³/mol. The quantitative estimate of drug-likeness (QED) is 0.785. The first-order chi connectivity index (χ1) is 10.3. The molecule has 3 heteroatoms. The Balaban J connectivity index is 1.76. The van der Waals surface area contributed by atoms with Crippen molar-refractivity contribution in [1.82, 2.24) is 0 Å². The van der Waals surface area contributed by atoms with E-state index in [0.717, 1.165) is 25.0 Å². The summed E-state index contributed by atoms with van der Waals surface area (Å²) in [7, 11) is 0. The number of hydrogen-bond donors (Lipinski definition) is 0. The molecule has 0 N–H and O–H groups in total. The van der Waals surface area contributed by atoms with Gasteiger partial charge in [-0.3, -0.25) is 0 Å². The molecule has 3 rings (SSSR count). The van der Waals surface area contributed by atoms with Crippen molar-refractivity contribution in [2.45, 2.75) is 42.2 Å². The second kappa shape index (κ2) is 6.41. The fourth-order valence-corrected chi connectivity index (χ4v) is 4.46. The van der Waals surface area contributed by atoms with E-state index in [1.165, 1.54) is 10.5 Å². The molecule has 2 nitrogen and oxygen atoms in total. The van der Waals surface area contributed by atoms with Gasteiger partial charge in [0.25, 0.3) is 0 Å². The Labute approximate surface area is 130 Å². The third-order valence-corrected chi connectivity index (χ3v) is 5.82. The van der Waals surface area contributed by atoms with Crippen molar-refractivity contribution in [1.29, 1.82) is 5.26 Å². The van der Waals surface area contributed by atoms with Crippen molar-refractivity contribution in [2.75, 3.05) is 0 Å². The van der Waals surface area contributed by atoms with Gasteiger partial charge in [-0.2, -0.15) is 5.26 Å². The minimum atomic E-state index is 0.143. The summed E-state index contributed by atoms with van der Waals surface area (Å²) < 4.78 is 5.38. The first-order valence-corrected chi connectivity index (χ1v) is 8.31. The summed E-state index contributed by atoms with van der Waals surface area (Å²) in [4.78, 5) is 1.17. The Morgan fingerprint density at radius 3 is 2.67 bits per heavy atom. The molecule has 0 radical (unpaired) electrons. The first kappa shape index (κ1) is 14.3. The summed E-state index contributed by atoms with van der Waals surface area (Å²) in [5.74, 6) is 1.67. The van der Waals surface area contributed by atoms with Crippen LogP contribution < -0.4 is 0 Å². The number of rotatable bonds is 3. The van der Waals surface area contributed by atoms with E-state index >= 15 is 0 Å². The summed E-state index contributed by atoms with van der Waals surface area (Å²) in [6.07, 6.45) is 4.91. The van der Waals surface area contributed by atoms with Crippen LogP contribution in [0.3, 0.4) is 0 Å². The standard InChI is InChI=1S/C18H19NOS/c1-13-17(9-10-20-13)21-18-11-15(7-8-16(18)12-19)14-5-3-2-4-6-14/h2-6,9-10,15-16,18H,7-8,11H2,1H3. The Bertz CT molecular complexity index is 628. The van der Waals surface area contributed by atoms with Gasteiger partial charge in [0.2, 0.25) is 0 Å². The third kappa shape index (κ3) is 3.16. The van der Waals surface area contributed by atoms with Crippen LogP contribution in [0.15, 0.2) is 52.0 Å². The average molecular weight is 297 g/mol. The molecule has 0 amide bonds. The van der Waals surface area contributed by atoms with E-state index in [9.17, 15) is 5.26 Å². The second-order valence-electron chi connectivity index (χ2n) is 5.65. The first-order valence-electron chi connectivity index (χ1n) is 7.43. The highest BCUT2D eigenvalue weighted by Crippen LogP contribution is 2.44. The molecule has 2 aromatic rings. The highest BCUT2D eigenvalue weighted by molar-refractivity contribution is 8.00. The summed E-state index contributed by atoms with van der Waals surface area (Å²) in [6.45, 7) is 1.99. The molecule has 3 unspecified atom stereocenters. The largest absolute Gasteiger partial charge is 0.468 e. The molecule has 0 saturated heterocycles. The minimum absolute atomic E-state index is 0.143. The molecular formula is C18H19NOS. The maximum absolute atomic E-state index is 9.43. The van der Waals surface area contributed by atoms with E-state index in [1.807, 2.05) is 24.8 Å². The number of thioether (sulfide) groups is 1. The zero-order valence-electron chi connectivity index (χ0n) is 12.2. The van der Waals surface area contributed by atoms with Crippen LogP contribution in [0.4, 0.5) is 0 Å². The molecule has 0 aliphatic heterocycles. The summed E-state index contributed by atoms with van der Waals surface area (Å²) in [6, 6.07) is 15.2. The lowest BCUT2D eigenvalue weighted by atomic mass is 9.79. The molecule has 0 spiro atoms. The van der Waals surface area contributed by atoms with Crippen LogP contribution in [0.5, 0.6) is 0 Å². The maximum atomic E-state index is 9.43. The number of nitriles is 1. The van der Waals surface area contributed by atoms with Crippen molar-refractivity contribution in [3.05, 3.63) is 54.0 Å². The van der Waals surface area contributed by atoms with Crippen molar-refractivity contribution < 1.29 is 4.42 Å². The van der Waals surface area contributed by atoms with Crippen molar-refractivity contribution >= 4 is 11.8 Å². The fourth-order valence-electron chi connectivity index (χ4n) is 3.09. The topological polar surface area (TPSA) is 36.9 Å². The minimum Gasteiger partial charge on any atom is -0.468 e. The van der Waals surface area contributed by atoms with Gasteiger partial charge in [0.1, 0.15) is 5.76 Å². The van der Waals surface area contributed by atoms with E-state index < -0.39 is 0 Å². The van der Waals surface area contributed by atoms with Crippen LogP contribution in [0.25, 0.3) is 0 Å². The Morgan fingerprint density at radius 2 is 2.00 bits per heavy atom. The predicted octanol–water partition coefficient (Wildman–Crippen LogP) is 5.16. The highest BCUT2D eigenvalue weighted by atomic mass is 32.2. The zero-order chi connectivity index (χ0) is 14.7. The van der Waals surface area contributed by atoms with Crippen LogP contribution >= 0.6 is 11.8 Å². The maximum Gasteiger partial charge on any atom is 0.114 e. The SMILES string of the molecule is Cc1occc1SC1CC(c2ccccc2)CCC1C#N. The van der Waals surface area contributed by atoms with Gasteiger partial charge in [0, 0.05) is 10.1 Å². The highest BCUT2D eigenvalue weighted by Gasteiger charge is 2.32. The normalized spacial score (nSPS) is 25.4. The zero-order valence-corrected chi connectivity index (χ0v) is 13.0. The Hall–Kier alpha value is -1.66. The fraction of sp³-hybridized carbons (Fsp3) is 0.389. The molecule has 1 aromatic carbocycles. The molecule has 108 valence electrons. The molecule has 1 fully saturated rings. The van der Waals surface area contributed by atoms with E-state index in [1.54, 1.807) is 6.26 Å². The van der Waals surface area contributed by atoms with Gasteiger partial charge < -0.3 is 4.42 Å². The number of benzene rings is 1. The van der Waals surface area contributed by atoms with Crippen LogP contribution in [-0.2, 0) is 0 Å². The van der Waals surface area contributed by atoms with E-state index in [0.29, 0.717) is 11.2 Å². The lowest BCUT2D eigenvalue weighted by molar-refractivity contribution is 0.393. The number of furan rings is 1. The molecule has 0 bridgehead atoms. The van der Waals surface area contributed by atoms with Gasteiger partial charge in [-0.15, -0.1) is 11.8 Å². The summed E-state index contributed by atoms with van der Waals surface area (Å²) in [5.41, 5.74) is 1.41. The van der Waals surface area contributed by atoms with E-state index in [4.69, 9.17) is 4.42 Å². The molecule has 1 aliphatic carbocycles. The van der Waals surface area contributed by atoms with Crippen molar-refractivity contribution in [3.63, 3.8) is 0 Å². The van der Waals surface area contributed by atoms with E-state index in [-0.39, 0.29) is 5.92 Å². The van der Waals surface area contributed by atoms with Gasteiger partial charge in [0.15, 0.2) is 0 Å². The molecule has 1 aromatic heterocycles. The average Bonchev–Trinajstić information content (AvgIpc) is 2.93. The lowest BCUT2D eigenvalue weighted by Gasteiger charge is -2.32. The van der Waals surface area contributed by atoms with Gasteiger partial charge in [-0.1, -0.05) is 30.3 Å². The van der Waals surface area contributed by atoms with E-state index in [2.05, 4.69) is 36.4 Å². The molecule has 1 heterocycles. The molecule has 1 aliphatic rings. The second-order valence-corrected chi connectivity index (χ2v) is 6.93. The number of hydrogen-bond acceptors (Lipinski definition) is 3. The van der Waals surface area contributed by atoms with Crippen LogP contribution in [-0.4, -0.2) is 5.25 Å². The van der Waals surface area contributed by atoms with Gasteiger partial charge in [0.05, 0.1) is 18.3 Å².